The Hall–Kier alpha value is -2.70. The summed E-state index contributed by atoms with van der Waals surface area (Å²) in [7, 11) is 0. The van der Waals surface area contributed by atoms with E-state index in [1.807, 2.05) is 13.8 Å². The molecule has 0 unspecified atom stereocenters. The minimum Gasteiger partial charge on any atom is -0.481 e. The Kier molecular flexibility index (Phi) is 5.33. The zero-order valence-electron chi connectivity index (χ0n) is 13.9. The van der Waals surface area contributed by atoms with Gasteiger partial charge in [-0.2, -0.15) is 5.10 Å². The van der Waals surface area contributed by atoms with Crippen LogP contribution in [0.5, 0.6) is 0 Å². The van der Waals surface area contributed by atoms with Gasteiger partial charge in [0.15, 0.2) is 5.69 Å². The largest absolute Gasteiger partial charge is 0.481 e. The number of benzene rings is 1. The maximum atomic E-state index is 13.2. The minimum absolute atomic E-state index is 0.119. The molecule has 0 bridgehead atoms. The lowest BCUT2D eigenvalue weighted by molar-refractivity contribution is -0.137. The van der Waals surface area contributed by atoms with Crippen molar-refractivity contribution in [3.63, 3.8) is 0 Å². The Balaban J connectivity index is 2.24. The Morgan fingerprint density at radius 3 is 2.62 bits per heavy atom. The first kappa shape index (κ1) is 17.7. The van der Waals surface area contributed by atoms with Gasteiger partial charge in [0, 0.05) is 18.8 Å². The van der Waals surface area contributed by atoms with Crippen molar-refractivity contribution >= 4 is 11.9 Å². The molecule has 0 radical (unpaired) electrons. The Morgan fingerprint density at radius 2 is 2.04 bits per heavy atom. The number of aryl methyl sites for hydroxylation is 1. The van der Waals surface area contributed by atoms with Gasteiger partial charge in [-0.1, -0.05) is 0 Å². The van der Waals surface area contributed by atoms with Crippen LogP contribution >= 0.6 is 0 Å². The molecule has 0 spiro atoms. The van der Waals surface area contributed by atoms with E-state index in [2.05, 4.69) is 5.10 Å². The molecule has 1 N–H and O–H groups in total. The lowest BCUT2D eigenvalue weighted by atomic mass is 10.2. The van der Waals surface area contributed by atoms with Crippen molar-refractivity contribution in [1.29, 1.82) is 0 Å². The predicted octanol–water partition coefficient (Wildman–Crippen LogP) is 2.65. The molecule has 128 valence electrons. The summed E-state index contributed by atoms with van der Waals surface area (Å²) < 4.78 is 14.7. The monoisotopic (exact) mass is 333 g/mol. The molecule has 1 aromatic heterocycles. The second-order valence-corrected chi connectivity index (χ2v) is 5.81. The molecule has 0 aliphatic carbocycles. The van der Waals surface area contributed by atoms with Crippen LogP contribution in [0.3, 0.4) is 0 Å². The van der Waals surface area contributed by atoms with Gasteiger partial charge in [-0.3, -0.25) is 9.59 Å². The van der Waals surface area contributed by atoms with Gasteiger partial charge < -0.3 is 10.0 Å². The SMILES string of the molecule is Cc1cc(F)ccc1-n1ccc(C(=O)N(CCC(=O)O)C(C)C)n1. The second-order valence-electron chi connectivity index (χ2n) is 5.81. The molecule has 0 saturated heterocycles. The summed E-state index contributed by atoms with van der Waals surface area (Å²) in [5, 5.41) is 13.1. The van der Waals surface area contributed by atoms with E-state index in [9.17, 15) is 14.0 Å². The third-order valence-corrected chi connectivity index (χ3v) is 3.66. The van der Waals surface area contributed by atoms with Gasteiger partial charge in [0.05, 0.1) is 12.1 Å². The molecule has 2 rings (SSSR count). The van der Waals surface area contributed by atoms with Crippen molar-refractivity contribution in [3.05, 3.63) is 47.5 Å². The molecular formula is C17H20FN3O3. The lowest BCUT2D eigenvalue weighted by Crippen LogP contribution is -2.38. The number of hydrogen-bond donors (Lipinski definition) is 1. The van der Waals surface area contributed by atoms with E-state index in [4.69, 9.17) is 5.11 Å². The smallest absolute Gasteiger partial charge is 0.305 e. The fourth-order valence-corrected chi connectivity index (χ4v) is 2.41. The van der Waals surface area contributed by atoms with Gasteiger partial charge in [-0.15, -0.1) is 0 Å². The van der Waals surface area contributed by atoms with E-state index in [1.54, 1.807) is 25.3 Å². The van der Waals surface area contributed by atoms with E-state index in [-0.39, 0.29) is 36.4 Å². The summed E-state index contributed by atoms with van der Waals surface area (Å²) in [6.07, 6.45) is 1.50. The van der Waals surface area contributed by atoms with Crippen LogP contribution in [0.25, 0.3) is 5.69 Å². The summed E-state index contributed by atoms with van der Waals surface area (Å²) in [5.74, 6) is -1.62. The highest BCUT2D eigenvalue weighted by molar-refractivity contribution is 5.92. The summed E-state index contributed by atoms with van der Waals surface area (Å²) in [5.41, 5.74) is 1.60. The number of hydrogen-bond acceptors (Lipinski definition) is 3. The molecule has 1 heterocycles. The van der Waals surface area contributed by atoms with Gasteiger partial charge in [0.2, 0.25) is 0 Å². The predicted molar refractivity (Wildman–Crippen MR) is 86.7 cm³/mol. The molecule has 0 saturated carbocycles. The van der Waals surface area contributed by atoms with Crippen LogP contribution in [0, 0.1) is 12.7 Å². The number of rotatable bonds is 6. The number of aliphatic carboxylic acids is 1. The topological polar surface area (TPSA) is 75.4 Å². The standard InChI is InChI=1S/C17H20FN3O3/c1-11(2)20(8-7-16(22)23)17(24)14-6-9-21(19-14)15-5-4-13(18)10-12(15)3/h4-6,9-11H,7-8H2,1-3H3,(H,22,23). The summed E-state index contributed by atoms with van der Waals surface area (Å²) in [4.78, 5) is 24.8. The fourth-order valence-electron chi connectivity index (χ4n) is 2.41. The number of carboxylic acid groups (broad SMARTS) is 1. The average molecular weight is 333 g/mol. The van der Waals surface area contributed by atoms with Gasteiger partial charge in [-0.25, -0.2) is 9.07 Å². The van der Waals surface area contributed by atoms with Crippen LogP contribution in [0.1, 0.15) is 36.3 Å². The fraction of sp³-hybridized carbons (Fsp3) is 0.353. The van der Waals surface area contributed by atoms with Gasteiger partial charge in [0.25, 0.3) is 5.91 Å². The van der Waals surface area contributed by atoms with Crippen molar-refractivity contribution in [2.45, 2.75) is 33.2 Å². The van der Waals surface area contributed by atoms with Crippen molar-refractivity contribution in [1.82, 2.24) is 14.7 Å². The Bertz CT molecular complexity index is 755. The number of halogens is 1. The van der Waals surface area contributed by atoms with Crippen LogP contribution < -0.4 is 0 Å². The molecular weight excluding hydrogens is 313 g/mol. The average Bonchev–Trinajstić information content (AvgIpc) is 2.96. The number of carboxylic acids is 1. The molecule has 7 heteroatoms. The zero-order chi connectivity index (χ0) is 17.9. The van der Waals surface area contributed by atoms with Gasteiger partial charge in [0.1, 0.15) is 5.82 Å². The minimum atomic E-state index is -0.957. The Labute approximate surface area is 139 Å². The number of carbonyl (C=O) groups excluding carboxylic acids is 1. The highest BCUT2D eigenvalue weighted by atomic mass is 19.1. The first-order valence-corrected chi connectivity index (χ1v) is 7.64. The van der Waals surface area contributed by atoms with Crippen molar-refractivity contribution in [2.75, 3.05) is 6.54 Å². The van der Waals surface area contributed by atoms with Crippen molar-refractivity contribution in [3.8, 4) is 5.69 Å². The maximum Gasteiger partial charge on any atom is 0.305 e. The lowest BCUT2D eigenvalue weighted by Gasteiger charge is -2.25. The molecule has 2 aromatic rings. The van der Waals surface area contributed by atoms with E-state index < -0.39 is 5.97 Å². The third-order valence-electron chi connectivity index (χ3n) is 3.66. The summed E-state index contributed by atoms with van der Waals surface area (Å²) in [6, 6.07) is 5.75. The number of carbonyl (C=O) groups is 2. The van der Waals surface area contributed by atoms with Crippen molar-refractivity contribution in [2.24, 2.45) is 0 Å². The molecule has 0 fully saturated rings. The maximum absolute atomic E-state index is 13.2. The van der Waals surface area contributed by atoms with Gasteiger partial charge in [-0.05, 0) is 50.6 Å². The van der Waals surface area contributed by atoms with Crippen LogP contribution in [0.4, 0.5) is 4.39 Å². The number of amides is 1. The van der Waals surface area contributed by atoms with Crippen molar-refractivity contribution < 1.29 is 19.1 Å². The normalized spacial score (nSPS) is 10.9. The number of aromatic nitrogens is 2. The van der Waals surface area contributed by atoms with Crippen LogP contribution in [0.2, 0.25) is 0 Å². The summed E-state index contributed by atoms with van der Waals surface area (Å²) in [6.45, 7) is 5.52. The van der Waals surface area contributed by atoms with E-state index in [0.717, 1.165) is 0 Å². The molecule has 1 amide bonds. The molecule has 6 nitrogen and oxygen atoms in total. The molecule has 0 aliphatic heterocycles. The van der Waals surface area contributed by atoms with E-state index in [1.165, 1.54) is 21.7 Å². The molecule has 24 heavy (non-hydrogen) atoms. The third kappa shape index (κ3) is 3.98. The molecule has 0 atom stereocenters. The first-order chi connectivity index (χ1) is 11.3. The zero-order valence-corrected chi connectivity index (χ0v) is 13.9. The highest BCUT2D eigenvalue weighted by Crippen LogP contribution is 2.16. The summed E-state index contributed by atoms with van der Waals surface area (Å²) >= 11 is 0. The van der Waals surface area contributed by atoms with Crippen LogP contribution in [-0.2, 0) is 4.79 Å². The molecule has 0 aliphatic rings. The first-order valence-electron chi connectivity index (χ1n) is 7.64. The second kappa shape index (κ2) is 7.25. The van der Waals surface area contributed by atoms with Crippen LogP contribution in [0.15, 0.2) is 30.5 Å². The Morgan fingerprint density at radius 1 is 1.33 bits per heavy atom. The van der Waals surface area contributed by atoms with E-state index in [0.29, 0.717) is 11.3 Å². The van der Waals surface area contributed by atoms with E-state index >= 15 is 0 Å². The number of nitrogens with zero attached hydrogens (tertiary/aromatic N) is 3. The molecule has 1 aromatic carbocycles. The highest BCUT2D eigenvalue weighted by Gasteiger charge is 2.22. The quantitative estimate of drug-likeness (QED) is 0.882. The van der Waals surface area contributed by atoms with Gasteiger partial charge >= 0.3 is 5.97 Å². The van der Waals surface area contributed by atoms with Crippen LogP contribution in [-0.4, -0.2) is 44.3 Å².